The number of rotatable bonds is 2. The van der Waals surface area contributed by atoms with Gasteiger partial charge in [0.05, 0.1) is 17.7 Å². The molecule has 0 saturated heterocycles. The molecule has 0 spiro atoms. The van der Waals surface area contributed by atoms with Crippen molar-refractivity contribution in [3.05, 3.63) is 26.3 Å². The van der Waals surface area contributed by atoms with Gasteiger partial charge in [0.1, 0.15) is 5.75 Å². The van der Waals surface area contributed by atoms with Gasteiger partial charge >= 0.3 is 0 Å². The van der Waals surface area contributed by atoms with Crippen molar-refractivity contribution in [1.29, 1.82) is 0 Å². The van der Waals surface area contributed by atoms with Crippen LogP contribution < -0.4 is 10.5 Å². The van der Waals surface area contributed by atoms with Crippen molar-refractivity contribution >= 4 is 40.1 Å². The zero-order valence-corrected chi connectivity index (χ0v) is 9.72. The summed E-state index contributed by atoms with van der Waals surface area (Å²) < 4.78 is 5.59. The van der Waals surface area contributed by atoms with Gasteiger partial charge in [0.25, 0.3) is 0 Å². The molecule has 2 N–H and O–H groups in total. The Hall–Kier alpha value is -0.490. The molecule has 0 aliphatic rings. The second kappa shape index (κ2) is 4.15. The first-order chi connectivity index (χ1) is 6.06. The highest BCUT2D eigenvalue weighted by molar-refractivity contribution is 14.1. The van der Waals surface area contributed by atoms with Crippen LogP contribution in [0.15, 0.2) is 12.1 Å². The van der Waals surface area contributed by atoms with E-state index in [9.17, 15) is 4.79 Å². The third kappa shape index (κ3) is 2.25. The van der Waals surface area contributed by atoms with E-state index in [1.54, 1.807) is 12.1 Å². The lowest BCUT2D eigenvalue weighted by Crippen LogP contribution is -2.13. The molecule has 13 heavy (non-hydrogen) atoms. The van der Waals surface area contributed by atoms with Crippen LogP contribution in [0.1, 0.15) is 10.4 Å². The molecule has 0 radical (unpaired) electrons. The maximum absolute atomic E-state index is 10.9. The van der Waals surface area contributed by atoms with E-state index in [1.807, 2.05) is 22.6 Å². The molecule has 0 aliphatic carbocycles. The summed E-state index contributed by atoms with van der Waals surface area (Å²) in [4.78, 5) is 10.9. The second-order valence-corrected chi connectivity index (χ2v) is 3.82. The number of amides is 1. The van der Waals surface area contributed by atoms with Crippen LogP contribution in [0.2, 0.25) is 5.02 Å². The summed E-state index contributed by atoms with van der Waals surface area (Å²) in [6.07, 6.45) is 0. The largest absolute Gasteiger partial charge is 0.497 e. The summed E-state index contributed by atoms with van der Waals surface area (Å²) in [6.45, 7) is 0. The maximum atomic E-state index is 10.9. The molecule has 70 valence electrons. The van der Waals surface area contributed by atoms with Crippen LogP contribution in [-0.4, -0.2) is 13.0 Å². The topological polar surface area (TPSA) is 52.3 Å². The van der Waals surface area contributed by atoms with Crippen LogP contribution in [0.25, 0.3) is 0 Å². The highest BCUT2D eigenvalue weighted by Gasteiger charge is 2.11. The number of nitrogens with two attached hydrogens (primary N) is 1. The molecule has 3 nitrogen and oxygen atoms in total. The molecule has 1 amide bonds. The van der Waals surface area contributed by atoms with Crippen molar-refractivity contribution < 1.29 is 9.53 Å². The number of primary amides is 1. The van der Waals surface area contributed by atoms with E-state index in [4.69, 9.17) is 22.1 Å². The highest BCUT2D eigenvalue weighted by Crippen LogP contribution is 2.27. The van der Waals surface area contributed by atoms with E-state index in [1.165, 1.54) is 7.11 Å². The summed E-state index contributed by atoms with van der Waals surface area (Å²) in [5.74, 6) is 0.0180. The lowest BCUT2D eigenvalue weighted by Gasteiger charge is -2.05. The first-order valence-corrected chi connectivity index (χ1v) is 4.84. The average molecular weight is 312 g/mol. The Morgan fingerprint density at radius 3 is 2.69 bits per heavy atom. The molecule has 1 aromatic rings. The predicted molar refractivity (Wildman–Crippen MR) is 59.2 cm³/mol. The Bertz CT molecular complexity index is 354. The Labute approximate surface area is 94.3 Å². The molecule has 0 bridgehead atoms. The van der Waals surface area contributed by atoms with Gasteiger partial charge in [-0.2, -0.15) is 0 Å². The van der Waals surface area contributed by atoms with Gasteiger partial charge in [0.2, 0.25) is 5.91 Å². The van der Waals surface area contributed by atoms with E-state index in [0.717, 1.165) is 0 Å². The van der Waals surface area contributed by atoms with Crippen molar-refractivity contribution in [2.45, 2.75) is 0 Å². The van der Waals surface area contributed by atoms with Crippen molar-refractivity contribution in [2.24, 2.45) is 5.73 Å². The molecule has 0 aliphatic heterocycles. The van der Waals surface area contributed by atoms with Crippen LogP contribution in [0.3, 0.4) is 0 Å². The van der Waals surface area contributed by atoms with E-state index in [2.05, 4.69) is 0 Å². The van der Waals surface area contributed by atoms with E-state index in [-0.39, 0.29) is 0 Å². The minimum absolute atomic E-state index is 0.380. The summed E-state index contributed by atoms with van der Waals surface area (Å²) in [7, 11) is 1.50. The minimum atomic E-state index is -0.509. The van der Waals surface area contributed by atoms with Gasteiger partial charge in [0, 0.05) is 3.57 Å². The summed E-state index contributed by atoms with van der Waals surface area (Å²) >= 11 is 7.81. The number of methoxy groups -OCH3 is 1. The molecule has 1 rings (SSSR count). The molecular formula is C8H7ClINO2. The lowest BCUT2D eigenvalue weighted by atomic mass is 10.2. The van der Waals surface area contributed by atoms with E-state index in [0.29, 0.717) is 19.9 Å². The molecule has 0 unspecified atom stereocenters. The maximum Gasteiger partial charge on any atom is 0.249 e. The molecule has 0 aromatic heterocycles. The smallest absolute Gasteiger partial charge is 0.249 e. The Morgan fingerprint density at radius 1 is 1.62 bits per heavy atom. The molecular weight excluding hydrogens is 304 g/mol. The fraction of sp³-hybridized carbons (Fsp3) is 0.125. The molecule has 0 heterocycles. The third-order valence-corrected chi connectivity index (χ3v) is 3.28. The first kappa shape index (κ1) is 10.6. The summed E-state index contributed by atoms with van der Waals surface area (Å²) in [5, 5.41) is 0.466. The van der Waals surface area contributed by atoms with E-state index >= 15 is 0 Å². The van der Waals surface area contributed by atoms with Gasteiger partial charge in [-0.15, -0.1) is 0 Å². The number of benzene rings is 1. The molecule has 0 saturated carbocycles. The zero-order chi connectivity index (χ0) is 10.0. The number of hydrogen-bond acceptors (Lipinski definition) is 2. The van der Waals surface area contributed by atoms with Crippen LogP contribution >= 0.6 is 34.2 Å². The van der Waals surface area contributed by atoms with Gasteiger partial charge in [-0.1, -0.05) is 11.6 Å². The SMILES string of the molecule is COc1cc(Cl)c(I)c(C(N)=O)c1. The highest BCUT2D eigenvalue weighted by atomic mass is 127. The number of hydrogen-bond donors (Lipinski definition) is 1. The Morgan fingerprint density at radius 2 is 2.23 bits per heavy atom. The van der Waals surface area contributed by atoms with Crippen molar-refractivity contribution in [3.63, 3.8) is 0 Å². The normalized spacial score (nSPS) is 9.77. The van der Waals surface area contributed by atoms with Crippen LogP contribution in [0, 0.1) is 3.57 Å². The standard InChI is InChI=1S/C8H7ClINO2/c1-13-4-2-5(8(11)12)7(10)6(9)3-4/h2-3H,1H3,(H2,11,12). The van der Waals surface area contributed by atoms with Crippen LogP contribution in [0.5, 0.6) is 5.75 Å². The molecule has 5 heteroatoms. The molecule has 0 fully saturated rings. The van der Waals surface area contributed by atoms with Crippen molar-refractivity contribution in [1.82, 2.24) is 0 Å². The average Bonchev–Trinajstić information content (AvgIpc) is 2.09. The summed E-state index contributed by atoms with van der Waals surface area (Å²) in [6, 6.07) is 3.20. The number of halogens is 2. The van der Waals surface area contributed by atoms with Gasteiger partial charge in [-0.05, 0) is 34.7 Å². The monoisotopic (exact) mass is 311 g/mol. The minimum Gasteiger partial charge on any atom is -0.497 e. The van der Waals surface area contributed by atoms with Gasteiger partial charge in [0.15, 0.2) is 0 Å². The van der Waals surface area contributed by atoms with Gasteiger partial charge < -0.3 is 10.5 Å². The molecule has 0 atom stereocenters. The number of ether oxygens (including phenoxy) is 1. The van der Waals surface area contributed by atoms with Gasteiger partial charge in [-0.25, -0.2) is 0 Å². The van der Waals surface area contributed by atoms with Crippen LogP contribution in [0.4, 0.5) is 0 Å². The molecule has 1 aromatic carbocycles. The van der Waals surface area contributed by atoms with E-state index < -0.39 is 5.91 Å². The fourth-order valence-corrected chi connectivity index (χ4v) is 1.65. The lowest BCUT2D eigenvalue weighted by molar-refractivity contribution is 0.0999. The summed E-state index contributed by atoms with van der Waals surface area (Å²) in [5.41, 5.74) is 5.53. The predicted octanol–water partition coefficient (Wildman–Crippen LogP) is 2.05. The quantitative estimate of drug-likeness (QED) is 0.850. The fourth-order valence-electron chi connectivity index (χ4n) is 0.861. The number of carbonyl (C=O) groups is 1. The third-order valence-electron chi connectivity index (χ3n) is 1.50. The Kier molecular flexibility index (Phi) is 3.38. The van der Waals surface area contributed by atoms with Crippen LogP contribution in [-0.2, 0) is 0 Å². The first-order valence-electron chi connectivity index (χ1n) is 3.39. The van der Waals surface area contributed by atoms with Crippen molar-refractivity contribution in [3.8, 4) is 5.75 Å². The van der Waals surface area contributed by atoms with Crippen molar-refractivity contribution in [2.75, 3.05) is 7.11 Å². The van der Waals surface area contributed by atoms with Gasteiger partial charge in [-0.3, -0.25) is 4.79 Å². The Balaban J connectivity index is 3.33. The zero-order valence-electron chi connectivity index (χ0n) is 6.80. The number of carbonyl (C=O) groups excluding carboxylic acids is 1. The second-order valence-electron chi connectivity index (χ2n) is 2.34.